The molecule has 2 rings (SSSR count). The lowest BCUT2D eigenvalue weighted by Gasteiger charge is -2.47. The first-order valence-corrected chi connectivity index (χ1v) is 7.53. The van der Waals surface area contributed by atoms with E-state index in [0.29, 0.717) is 0 Å². The highest BCUT2D eigenvalue weighted by atomic mass is 16.5. The smallest absolute Gasteiger partial charge is 0.0594 e. The van der Waals surface area contributed by atoms with Gasteiger partial charge in [0.1, 0.15) is 0 Å². The highest BCUT2D eigenvalue weighted by molar-refractivity contribution is 5.17. The zero-order chi connectivity index (χ0) is 14.4. The van der Waals surface area contributed by atoms with E-state index >= 15 is 0 Å². The Labute approximate surface area is 122 Å². The molecule has 3 N–H and O–H groups in total. The molecule has 4 heteroatoms. The first-order chi connectivity index (χ1) is 9.70. The van der Waals surface area contributed by atoms with Crippen molar-refractivity contribution in [2.24, 2.45) is 5.84 Å². The van der Waals surface area contributed by atoms with Gasteiger partial charge in [0.15, 0.2) is 0 Å². The molecule has 1 aromatic rings. The fourth-order valence-electron chi connectivity index (χ4n) is 3.07. The van der Waals surface area contributed by atoms with Gasteiger partial charge in [0.2, 0.25) is 0 Å². The normalized spacial score (nSPS) is 21.4. The van der Waals surface area contributed by atoms with Gasteiger partial charge in [0, 0.05) is 24.7 Å². The maximum Gasteiger partial charge on any atom is 0.0594 e. The summed E-state index contributed by atoms with van der Waals surface area (Å²) < 4.78 is 5.48. The van der Waals surface area contributed by atoms with E-state index in [1.807, 2.05) is 0 Å². The fraction of sp³-hybridized carbons (Fsp3) is 0.625. The van der Waals surface area contributed by atoms with Crippen LogP contribution in [0.1, 0.15) is 25.8 Å². The molecular weight excluding hydrogens is 250 g/mol. The summed E-state index contributed by atoms with van der Waals surface area (Å²) in [6.45, 7) is 8.15. The first-order valence-electron chi connectivity index (χ1n) is 7.53. The fourth-order valence-corrected chi connectivity index (χ4v) is 3.07. The molecule has 112 valence electrons. The SMILES string of the molecule is CCC(C)(C(Cc1ccccc1)NN)N1CCOCC1. The summed E-state index contributed by atoms with van der Waals surface area (Å²) in [5, 5.41) is 0. The molecule has 0 radical (unpaired) electrons. The van der Waals surface area contributed by atoms with Gasteiger partial charge in [-0.25, -0.2) is 0 Å². The lowest BCUT2D eigenvalue weighted by atomic mass is 9.83. The van der Waals surface area contributed by atoms with Crippen LogP contribution in [0.25, 0.3) is 0 Å². The Morgan fingerprint density at radius 2 is 1.95 bits per heavy atom. The Balaban J connectivity index is 2.13. The summed E-state index contributed by atoms with van der Waals surface area (Å²) in [7, 11) is 0. The average Bonchev–Trinajstić information content (AvgIpc) is 2.53. The van der Waals surface area contributed by atoms with Gasteiger partial charge in [-0.15, -0.1) is 0 Å². The maximum atomic E-state index is 5.88. The molecule has 4 nitrogen and oxygen atoms in total. The van der Waals surface area contributed by atoms with Crippen LogP contribution in [0.15, 0.2) is 30.3 Å². The molecule has 2 atom stereocenters. The molecule has 0 spiro atoms. The van der Waals surface area contributed by atoms with Gasteiger partial charge in [0.05, 0.1) is 13.2 Å². The molecule has 0 aliphatic carbocycles. The van der Waals surface area contributed by atoms with E-state index < -0.39 is 0 Å². The van der Waals surface area contributed by atoms with Crippen molar-refractivity contribution in [1.82, 2.24) is 10.3 Å². The highest BCUT2D eigenvalue weighted by Gasteiger charge is 2.38. The highest BCUT2D eigenvalue weighted by Crippen LogP contribution is 2.26. The molecule has 1 saturated heterocycles. The number of nitrogens with one attached hydrogen (secondary N) is 1. The number of hydrogen-bond donors (Lipinski definition) is 2. The molecule has 20 heavy (non-hydrogen) atoms. The van der Waals surface area contributed by atoms with E-state index in [4.69, 9.17) is 10.6 Å². The number of hydrazine groups is 1. The topological polar surface area (TPSA) is 50.5 Å². The van der Waals surface area contributed by atoms with Crippen LogP contribution in [0.5, 0.6) is 0 Å². The van der Waals surface area contributed by atoms with E-state index in [1.165, 1.54) is 5.56 Å². The van der Waals surface area contributed by atoms with Crippen LogP contribution in [-0.4, -0.2) is 42.8 Å². The minimum absolute atomic E-state index is 0.0500. The Kier molecular flexibility index (Phi) is 5.54. The Morgan fingerprint density at radius 1 is 1.30 bits per heavy atom. The molecule has 2 unspecified atom stereocenters. The summed E-state index contributed by atoms with van der Waals surface area (Å²) in [6.07, 6.45) is 2.01. The van der Waals surface area contributed by atoms with Gasteiger partial charge in [-0.2, -0.15) is 0 Å². The van der Waals surface area contributed by atoms with E-state index in [9.17, 15) is 0 Å². The number of hydrogen-bond acceptors (Lipinski definition) is 4. The zero-order valence-electron chi connectivity index (χ0n) is 12.6. The van der Waals surface area contributed by atoms with E-state index in [-0.39, 0.29) is 11.6 Å². The lowest BCUT2D eigenvalue weighted by molar-refractivity contribution is -0.0322. The second-order valence-corrected chi connectivity index (χ2v) is 5.72. The van der Waals surface area contributed by atoms with Gasteiger partial charge in [-0.1, -0.05) is 37.3 Å². The van der Waals surface area contributed by atoms with Crippen LogP contribution in [-0.2, 0) is 11.2 Å². The third-order valence-corrected chi connectivity index (χ3v) is 4.68. The van der Waals surface area contributed by atoms with Crippen LogP contribution in [0.4, 0.5) is 0 Å². The third-order valence-electron chi connectivity index (χ3n) is 4.68. The largest absolute Gasteiger partial charge is 0.379 e. The maximum absolute atomic E-state index is 5.88. The number of nitrogens with zero attached hydrogens (tertiary/aromatic N) is 1. The van der Waals surface area contributed by atoms with Crippen molar-refractivity contribution in [3.8, 4) is 0 Å². The van der Waals surface area contributed by atoms with Crippen LogP contribution in [0.3, 0.4) is 0 Å². The molecule has 1 aliphatic heterocycles. The minimum Gasteiger partial charge on any atom is -0.379 e. The second-order valence-electron chi connectivity index (χ2n) is 5.72. The molecule has 1 heterocycles. The number of rotatable bonds is 6. The molecular formula is C16H27N3O. The van der Waals surface area contributed by atoms with E-state index in [2.05, 4.69) is 54.5 Å². The Morgan fingerprint density at radius 3 is 2.50 bits per heavy atom. The Bertz CT molecular complexity index is 392. The molecule has 0 amide bonds. The van der Waals surface area contributed by atoms with Gasteiger partial charge in [0.25, 0.3) is 0 Å². The standard InChI is InChI=1S/C16H27N3O/c1-3-16(2,19-9-11-20-12-10-19)15(18-17)13-14-7-5-4-6-8-14/h4-8,15,18H,3,9-13,17H2,1-2H3. The van der Waals surface area contributed by atoms with Crippen LogP contribution in [0.2, 0.25) is 0 Å². The molecule has 0 aromatic heterocycles. The molecule has 1 fully saturated rings. The zero-order valence-corrected chi connectivity index (χ0v) is 12.6. The van der Waals surface area contributed by atoms with Gasteiger partial charge in [-0.3, -0.25) is 16.2 Å². The molecule has 0 bridgehead atoms. The Hall–Kier alpha value is -0.940. The monoisotopic (exact) mass is 277 g/mol. The van der Waals surface area contributed by atoms with Crippen molar-refractivity contribution in [3.05, 3.63) is 35.9 Å². The molecule has 1 aliphatic rings. The predicted molar refractivity (Wildman–Crippen MR) is 82.3 cm³/mol. The lowest BCUT2D eigenvalue weighted by Crippen LogP contribution is -2.63. The number of ether oxygens (including phenoxy) is 1. The van der Waals surface area contributed by atoms with Crippen LogP contribution < -0.4 is 11.3 Å². The predicted octanol–water partition coefficient (Wildman–Crippen LogP) is 1.56. The summed E-state index contributed by atoms with van der Waals surface area (Å²) in [4.78, 5) is 2.52. The number of nitrogens with two attached hydrogens (primary N) is 1. The summed E-state index contributed by atoms with van der Waals surface area (Å²) in [6, 6.07) is 10.8. The molecule has 0 saturated carbocycles. The van der Waals surface area contributed by atoms with Crippen molar-refractivity contribution in [2.45, 2.75) is 38.3 Å². The van der Waals surface area contributed by atoms with Crippen molar-refractivity contribution >= 4 is 0 Å². The average molecular weight is 277 g/mol. The number of benzene rings is 1. The molecule has 1 aromatic carbocycles. The number of morpholine rings is 1. The first kappa shape index (κ1) is 15.4. The second kappa shape index (κ2) is 7.18. The van der Waals surface area contributed by atoms with Crippen molar-refractivity contribution in [1.29, 1.82) is 0 Å². The summed E-state index contributed by atoms with van der Waals surface area (Å²) in [5.74, 6) is 5.88. The minimum atomic E-state index is 0.0500. The summed E-state index contributed by atoms with van der Waals surface area (Å²) in [5.41, 5.74) is 4.43. The van der Waals surface area contributed by atoms with Crippen molar-refractivity contribution in [2.75, 3.05) is 26.3 Å². The van der Waals surface area contributed by atoms with Crippen molar-refractivity contribution < 1.29 is 4.74 Å². The van der Waals surface area contributed by atoms with E-state index in [1.54, 1.807) is 0 Å². The van der Waals surface area contributed by atoms with Gasteiger partial charge < -0.3 is 4.74 Å². The van der Waals surface area contributed by atoms with Crippen LogP contribution >= 0.6 is 0 Å². The van der Waals surface area contributed by atoms with Crippen molar-refractivity contribution in [3.63, 3.8) is 0 Å². The quantitative estimate of drug-likeness (QED) is 0.612. The van der Waals surface area contributed by atoms with Gasteiger partial charge in [-0.05, 0) is 25.3 Å². The summed E-state index contributed by atoms with van der Waals surface area (Å²) >= 11 is 0. The van der Waals surface area contributed by atoms with Gasteiger partial charge >= 0.3 is 0 Å². The third kappa shape index (κ3) is 3.38. The van der Waals surface area contributed by atoms with Crippen LogP contribution in [0, 0.1) is 0 Å². The van der Waals surface area contributed by atoms with E-state index in [0.717, 1.165) is 39.1 Å².